The van der Waals surface area contributed by atoms with E-state index in [2.05, 4.69) is 61.5 Å². The predicted octanol–water partition coefficient (Wildman–Crippen LogP) is 3.97. The van der Waals surface area contributed by atoms with E-state index in [1.807, 2.05) is 0 Å². The molecule has 0 radical (unpaired) electrons. The second-order valence-electron chi connectivity index (χ2n) is 10.3. The molecule has 1 amide bonds. The van der Waals surface area contributed by atoms with Crippen LogP contribution in [-0.2, 0) is 4.79 Å². The molecular formula is C24H40ClN3O. The summed E-state index contributed by atoms with van der Waals surface area (Å²) < 4.78 is 0. The van der Waals surface area contributed by atoms with E-state index in [4.69, 9.17) is 11.6 Å². The van der Waals surface area contributed by atoms with Gasteiger partial charge in [-0.15, -0.1) is 11.6 Å². The van der Waals surface area contributed by atoms with Crippen molar-refractivity contribution in [3.8, 4) is 0 Å². The number of carbonyl (C=O) groups excluding carboxylic acids is 1. The number of likely N-dealkylation sites (tertiary alicyclic amines) is 1. The third kappa shape index (κ3) is 6.08. The lowest BCUT2D eigenvalue weighted by molar-refractivity contribution is -0.126. The zero-order valence-corrected chi connectivity index (χ0v) is 19.5. The average Bonchev–Trinajstić information content (AvgIpc) is 2.68. The molecule has 4 nitrogen and oxygen atoms in total. The quantitative estimate of drug-likeness (QED) is 0.638. The Morgan fingerprint density at radius 1 is 1.38 bits per heavy atom. The maximum absolute atomic E-state index is 12.8. The summed E-state index contributed by atoms with van der Waals surface area (Å²) in [6.45, 7) is 14.2. The van der Waals surface area contributed by atoms with Crippen LogP contribution in [-0.4, -0.2) is 54.9 Å². The number of nitrogens with one attached hydrogen (secondary N) is 2. The van der Waals surface area contributed by atoms with E-state index in [1.165, 1.54) is 12.0 Å². The number of nitrogens with zero attached hydrogens (tertiary/aromatic N) is 1. The van der Waals surface area contributed by atoms with Gasteiger partial charge in [0.25, 0.3) is 0 Å². The van der Waals surface area contributed by atoms with Gasteiger partial charge in [0.1, 0.15) is 0 Å². The van der Waals surface area contributed by atoms with Crippen LogP contribution in [0.1, 0.15) is 53.4 Å². The first-order valence-electron chi connectivity index (χ1n) is 11.5. The van der Waals surface area contributed by atoms with Gasteiger partial charge in [0.2, 0.25) is 5.91 Å². The molecule has 2 unspecified atom stereocenters. The highest BCUT2D eigenvalue weighted by Crippen LogP contribution is 2.41. The number of hydrogen-bond donors (Lipinski definition) is 2. The Morgan fingerprint density at radius 2 is 2.17 bits per heavy atom. The van der Waals surface area contributed by atoms with Crippen LogP contribution in [0.2, 0.25) is 0 Å². The van der Waals surface area contributed by atoms with E-state index >= 15 is 0 Å². The molecule has 2 aliphatic heterocycles. The Labute approximate surface area is 182 Å². The van der Waals surface area contributed by atoms with Gasteiger partial charge in [0, 0.05) is 25.7 Å². The second-order valence-corrected chi connectivity index (χ2v) is 10.8. The molecule has 0 bridgehead atoms. The minimum atomic E-state index is 0.128. The monoisotopic (exact) mass is 421 g/mol. The zero-order chi connectivity index (χ0) is 21.0. The van der Waals surface area contributed by atoms with Gasteiger partial charge in [-0.05, 0) is 61.6 Å². The zero-order valence-electron chi connectivity index (χ0n) is 18.7. The molecule has 164 valence electrons. The first-order valence-corrected chi connectivity index (χ1v) is 12.0. The highest BCUT2D eigenvalue weighted by Gasteiger charge is 2.38. The van der Waals surface area contributed by atoms with Crippen molar-refractivity contribution in [1.29, 1.82) is 0 Å². The van der Waals surface area contributed by atoms with Gasteiger partial charge < -0.3 is 15.5 Å². The van der Waals surface area contributed by atoms with Crippen molar-refractivity contribution in [2.24, 2.45) is 23.2 Å². The topological polar surface area (TPSA) is 44.4 Å². The van der Waals surface area contributed by atoms with Gasteiger partial charge in [0.05, 0.1) is 11.3 Å². The number of amides is 1. The SMILES string of the molecule is CC(C)[C@H](CN1CCC(C2=CCC(Cl)C=C2)C(C)(C)C1)NC(=O)[C@@H]1CCCNC1. The summed E-state index contributed by atoms with van der Waals surface area (Å²) in [4.78, 5) is 15.3. The van der Waals surface area contributed by atoms with Crippen molar-refractivity contribution in [2.45, 2.75) is 64.8 Å². The molecule has 0 aromatic heterocycles. The van der Waals surface area contributed by atoms with Crippen molar-refractivity contribution in [1.82, 2.24) is 15.5 Å². The molecule has 2 saturated heterocycles. The summed E-state index contributed by atoms with van der Waals surface area (Å²) >= 11 is 6.22. The first kappa shape index (κ1) is 22.8. The number of halogens is 1. The number of hydrogen-bond acceptors (Lipinski definition) is 3. The van der Waals surface area contributed by atoms with E-state index in [0.29, 0.717) is 11.8 Å². The Kier molecular flexibility index (Phi) is 7.86. The van der Waals surface area contributed by atoms with Crippen LogP contribution in [0, 0.1) is 23.2 Å². The molecule has 3 rings (SSSR count). The number of allylic oxidation sites excluding steroid dienone is 4. The van der Waals surface area contributed by atoms with Crippen molar-refractivity contribution in [3.05, 3.63) is 23.8 Å². The molecule has 2 fully saturated rings. The van der Waals surface area contributed by atoms with Gasteiger partial charge in [-0.2, -0.15) is 0 Å². The van der Waals surface area contributed by atoms with Crippen LogP contribution in [0.4, 0.5) is 0 Å². The van der Waals surface area contributed by atoms with Crippen LogP contribution >= 0.6 is 11.6 Å². The van der Waals surface area contributed by atoms with Crippen molar-refractivity contribution in [3.63, 3.8) is 0 Å². The van der Waals surface area contributed by atoms with Gasteiger partial charge in [-0.25, -0.2) is 0 Å². The maximum Gasteiger partial charge on any atom is 0.224 e. The minimum Gasteiger partial charge on any atom is -0.352 e. The Bertz CT molecular complexity index is 622. The predicted molar refractivity (Wildman–Crippen MR) is 122 cm³/mol. The molecule has 29 heavy (non-hydrogen) atoms. The Morgan fingerprint density at radius 3 is 2.76 bits per heavy atom. The molecule has 0 spiro atoms. The third-order valence-electron chi connectivity index (χ3n) is 7.04. The summed E-state index contributed by atoms with van der Waals surface area (Å²) in [6, 6.07) is 0.211. The lowest BCUT2D eigenvalue weighted by atomic mass is 9.69. The lowest BCUT2D eigenvalue weighted by Gasteiger charge is -2.46. The fourth-order valence-electron chi connectivity index (χ4n) is 5.19. The van der Waals surface area contributed by atoms with Crippen molar-refractivity contribution >= 4 is 17.5 Å². The summed E-state index contributed by atoms with van der Waals surface area (Å²) in [5.74, 6) is 1.38. The lowest BCUT2D eigenvalue weighted by Crippen LogP contribution is -2.54. The van der Waals surface area contributed by atoms with Crippen LogP contribution in [0.25, 0.3) is 0 Å². The van der Waals surface area contributed by atoms with Crippen LogP contribution in [0.15, 0.2) is 23.8 Å². The van der Waals surface area contributed by atoms with Crippen molar-refractivity contribution in [2.75, 3.05) is 32.7 Å². The average molecular weight is 422 g/mol. The summed E-state index contributed by atoms with van der Waals surface area (Å²) in [6.07, 6.45) is 11.0. The van der Waals surface area contributed by atoms with E-state index in [9.17, 15) is 4.79 Å². The van der Waals surface area contributed by atoms with Crippen molar-refractivity contribution < 1.29 is 4.79 Å². The number of piperidine rings is 2. The summed E-state index contributed by atoms with van der Waals surface area (Å²) in [5.41, 5.74) is 1.68. The second kappa shape index (κ2) is 9.98. The van der Waals surface area contributed by atoms with Crippen LogP contribution in [0.3, 0.4) is 0 Å². The normalized spacial score (nSPS) is 31.4. The molecule has 2 heterocycles. The van der Waals surface area contributed by atoms with E-state index in [0.717, 1.165) is 52.0 Å². The standard InChI is InChI=1S/C24H40ClN3O/c1-17(2)22(27-23(29)19-6-5-12-26-14-19)15-28-13-11-21(24(3,4)16-28)18-7-9-20(25)10-8-18/h7-9,17,19-22,26H,5-6,10-16H2,1-4H3,(H,27,29)/t19-,20?,21?,22+/m1/s1. The van der Waals surface area contributed by atoms with Gasteiger partial charge >= 0.3 is 0 Å². The largest absolute Gasteiger partial charge is 0.352 e. The molecule has 1 aliphatic carbocycles. The highest BCUT2D eigenvalue weighted by molar-refractivity contribution is 6.22. The van der Waals surface area contributed by atoms with E-state index in [1.54, 1.807) is 0 Å². The molecule has 5 heteroatoms. The summed E-state index contributed by atoms with van der Waals surface area (Å²) in [7, 11) is 0. The van der Waals surface area contributed by atoms with Crippen LogP contribution < -0.4 is 10.6 Å². The summed E-state index contributed by atoms with van der Waals surface area (Å²) in [5, 5.41) is 6.89. The molecule has 0 aromatic rings. The van der Waals surface area contributed by atoms with E-state index in [-0.39, 0.29) is 28.7 Å². The molecule has 4 atom stereocenters. The van der Waals surface area contributed by atoms with Gasteiger partial charge in [-0.1, -0.05) is 45.9 Å². The number of rotatable bonds is 6. The first-order chi connectivity index (χ1) is 13.8. The minimum absolute atomic E-state index is 0.128. The van der Waals surface area contributed by atoms with E-state index < -0.39 is 0 Å². The van der Waals surface area contributed by atoms with Crippen LogP contribution in [0.5, 0.6) is 0 Å². The molecule has 3 aliphatic rings. The molecule has 2 N–H and O–H groups in total. The molecule has 0 saturated carbocycles. The fourth-order valence-corrected chi connectivity index (χ4v) is 5.35. The maximum atomic E-state index is 12.8. The molecular weight excluding hydrogens is 382 g/mol. The fraction of sp³-hybridized carbons (Fsp3) is 0.792. The third-order valence-corrected chi connectivity index (χ3v) is 7.37. The number of alkyl halides is 1. The molecule has 0 aromatic carbocycles. The number of carbonyl (C=O) groups is 1. The Balaban J connectivity index is 1.57. The smallest absolute Gasteiger partial charge is 0.224 e. The highest BCUT2D eigenvalue weighted by atomic mass is 35.5. The Hall–Kier alpha value is -0.840. The van der Waals surface area contributed by atoms with Gasteiger partial charge in [0.15, 0.2) is 0 Å². The van der Waals surface area contributed by atoms with Gasteiger partial charge in [-0.3, -0.25) is 4.79 Å².